The Kier molecular flexibility index (Phi) is 5.41. The molecule has 1 saturated heterocycles. The molecule has 17 heavy (non-hydrogen) atoms. The summed E-state index contributed by atoms with van der Waals surface area (Å²) in [5.41, 5.74) is -0.478. The molecule has 0 spiro atoms. The summed E-state index contributed by atoms with van der Waals surface area (Å²) in [6.45, 7) is 4.27. The molecule has 0 bridgehead atoms. The molecule has 0 radical (unpaired) electrons. The van der Waals surface area contributed by atoms with Crippen molar-refractivity contribution in [3.63, 3.8) is 0 Å². The predicted octanol–water partition coefficient (Wildman–Crippen LogP) is 1.52. The maximum atomic E-state index is 11.3. The lowest BCUT2D eigenvalue weighted by Gasteiger charge is -2.38. The molecule has 0 aromatic carbocycles. The van der Waals surface area contributed by atoms with Gasteiger partial charge in [-0.25, -0.2) is 8.42 Å². The summed E-state index contributed by atoms with van der Waals surface area (Å²) in [6.07, 6.45) is 3.42. The van der Waals surface area contributed by atoms with Crippen molar-refractivity contribution < 1.29 is 18.3 Å². The normalized spacial score (nSPS) is 27.9. The van der Waals surface area contributed by atoms with Crippen molar-refractivity contribution in [1.29, 1.82) is 0 Å². The van der Waals surface area contributed by atoms with E-state index in [9.17, 15) is 13.5 Å². The summed E-state index contributed by atoms with van der Waals surface area (Å²) in [4.78, 5) is 0. The van der Waals surface area contributed by atoms with Crippen LogP contribution >= 0.6 is 0 Å². The van der Waals surface area contributed by atoms with Crippen LogP contribution in [0.25, 0.3) is 0 Å². The lowest BCUT2D eigenvalue weighted by molar-refractivity contribution is -0.138. The van der Waals surface area contributed by atoms with E-state index < -0.39 is 21.5 Å². The van der Waals surface area contributed by atoms with Gasteiger partial charge in [-0.05, 0) is 39.0 Å². The van der Waals surface area contributed by atoms with Crippen LogP contribution in [0.15, 0.2) is 0 Å². The molecular weight excluding hydrogens is 240 g/mol. The quantitative estimate of drug-likeness (QED) is 0.790. The van der Waals surface area contributed by atoms with E-state index in [0.717, 1.165) is 19.3 Å². The summed E-state index contributed by atoms with van der Waals surface area (Å²) in [5, 5.41) is 10.1. The van der Waals surface area contributed by atoms with E-state index in [1.54, 1.807) is 6.92 Å². The number of aliphatic hydroxyl groups is 1. The van der Waals surface area contributed by atoms with Gasteiger partial charge in [0.25, 0.3) is 0 Å². The zero-order valence-electron chi connectivity index (χ0n) is 10.8. The first-order valence-corrected chi connectivity index (χ1v) is 8.24. The lowest BCUT2D eigenvalue weighted by atomic mass is 9.88. The van der Waals surface area contributed by atoms with Gasteiger partial charge < -0.3 is 9.84 Å². The number of ether oxygens (including phenoxy) is 1. The first-order valence-electron chi connectivity index (χ1n) is 6.42. The molecule has 0 aromatic rings. The molecule has 4 nitrogen and oxygen atoms in total. The lowest BCUT2D eigenvalue weighted by Crippen LogP contribution is -2.44. The second-order valence-corrected chi connectivity index (χ2v) is 7.49. The smallest absolute Gasteiger partial charge is 0.150 e. The average molecular weight is 264 g/mol. The Morgan fingerprint density at radius 3 is 2.65 bits per heavy atom. The Labute approximate surface area is 104 Å². The topological polar surface area (TPSA) is 63.6 Å². The molecule has 1 heterocycles. The van der Waals surface area contributed by atoms with E-state index in [1.165, 1.54) is 0 Å². The number of aliphatic hydroxyl groups excluding tert-OH is 1. The van der Waals surface area contributed by atoms with Gasteiger partial charge in [0.15, 0.2) is 0 Å². The number of sulfone groups is 1. The van der Waals surface area contributed by atoms with Gasteiger partial charge in [-0.1, -0.05) is 6.92 Å². The van der Waals surface area contributed by atoms with E-state index in [1.807, 2.05) is 6.92 Å². The molecule has 1 aliphatic rings. The van der Waals surface area contributed by atoms with Crippen molar-refractivity contribution in [2.75, 3.05) is 18.1 Å². The van der Waals surface area contributed by atoms with Crippen LogP contribution in [0.3, 0.4) is 0 Å². The molecule has 0 amide bonds. The molecule has 1 N–H and O–H groups in total. The maximum Gasteiger partial charge on any atom is 0.150 e. The van der Waals surface area contributed by atoms with Gasteiger partial charge in [0, 0.05) is 12.4 Å². The minimum atomic E-state index is -2.92. The van der Waals surface area contributed by atoms with Crippen molar-refractivity contribution >= 4 is 9.84 Å². The van der Waals surface area contributed by atoms with Gasteiger partial charge in [0.2, 0.25) is 0 Å². The molecule has 102 valence electrons. The van der Waals surface area contributed by atoms with Crippen molar-refractivity contribution in [2.45, 2.75) is 57.7 Å². The zero-order chi connectivity index (χ0) is 12.9. The highest BCUT2D eigenvalue weighted by atomic mass is 32.2. The van der Waals surface area contributed by atoms with E-state index in [0.29, 0.717) is 19.4 Å². The van der Waals surface area contributed by atoms with Crippen LogP contribution < -0.4 is 0 Å². The second-order valence-electron chi connectivity index (χ2n) is 5.01. The number of rotatable bonds is 6. The molecule has 0 aliphatic carbocycles. The van der Waals surface area contributed by atoms with Gasteiger partial charge >= 0.3 is 0 Å². The summed E-state index contributed by atoms with van der Waals surface area (Å²) >= 11 is 0. The maximum absolute atomic E-state index is 11.3. The van der Waals surface area contributed by atoms with Crippen LogP contribution in [0.4, 0.5) is 0 Å². The summed E-state index contributed by atoms with van der Waals surface area (Å²) in [7, 11) is -2.92. The summed E-state index contributed by atoms with van der Waals surface area (Å²) in [6, 6.07) is 0. The van der Waals surface area contributed by atoms with Crippen molar-refractivity contribution in [3.8, 4) is 0 Å². The van der Waals surface area contributed by atoms with Gasteiger partial charge in [-0.2, -0.15) is 0 Å². The van der Waals surface area contributed by atoms with Crippen molar-refractivity contribution in [3.05, 3.63) is 0 Å². The molecule has 0 saturated carbocycles. The van der Waals surface area contributed by atoms with Crippen molar-refractivity contribution in [2.24, 2.45) is 0 Å². The highest BCUT2D eigenvalue weighted by Crippen LogP contribution is 2.29. The monoisotopic (exact) mass is 264 g/mol. The molecular formula is C12H24O4S. The van der Waals surface area contributed by atoms with Gasteiger partial charge in [-0.15, -0.1) is 0 Å². The van der Waals surface area contributed by atoms with E-state index in [-0.39, 0.29) is 11.5 Å². The van der Waals surface area contributed by atoms with Crippen LogP contribution in [-0.2, 0) is 14.6 Å². The molecule has 2 unspecified atom stereocenters. The Balaban J connectivity index is 2.36. The largest absolute Gasteiger partial charge is 0.390 e. The predicted molar refractivity (Wildman–Crippen MR) is 67.8 cm³/mol. The third-order valence-corrected chi connectivity index (χ3v) is 5.37. The standard InChI is InChI=1S/C12H24O4S/c1-3-17(14,15)10-6-7-11(13)12(2)8-4-5-9-16-12/h11,13H,3-10H2,1-2H3. The molecule has 1 rings (SSSR count). The molecule has 2 atom stereocenters. The molecule has 1 aliphatic heterocycles. The zero-order valence-corrected chi connectivity index (χ0v) is 11.6. The van der Waals surface area contributed by atoms with Crippen LogP contribution in [0.1, 0.15) is 46.0 Å². The number of hydrogen-bond donors (Lipinski definition) is 1. The highest BCUT2D eigenvalue weighted by Gasteiger charge is 2.35. The van der Waals surface area contributed by atoms with Crippen molar-refractivity contribution in [1.82, 2.24) is 0 Å². The average Bonchev–Trinajstić information content (AvgIpc) is 2.29. The fourth-order valence-corrected chi connectivity index (χ4v) is 3.06. The van der Waals surface area contributed by atoms with Crippen LogP contribution in [0, 0.1) is 0 Å². The SMILES string of the molecule is CCS(=O)(=O)CCCC(O)C1(C)CCCCO1. The Morgan fingerprint density at radius 2 is 2.12 bits per heavy atom. The molecule has 5 heteroatoms. The molecule has 0 aromatic heterocycles. The fourth-order valence-electron chi connectivity index (χ4n) is 2.16. The fraction of sp³-hybridized carbons (Fsp3) is 1.00. The minimum absolute atomic E-state index is 0.163. The Hall–Kier alpha value is -0.130. The Bertz CT molecular complexity index is 317. The summed E-state index contributed by atoms with van der Waals surface area (Å²) in [5.74, 6) is 0.341. The second kappa shape index (κ2) is 6.16. The van der Waals surface area contributed by atoms with E-state index >= 15 is 0 Å². The summed E-state index contributed by atoms with van der Waals surface area (Å²) < 4.78 is 28.3. The minimum Gasteiger partial charge on any atom is -0.390 e. The van der Waals surface area contributed by atoms with Crippen LogP contribution in [-0.4, -0.2) is 43.3 Å². The van der Waals surface area contributed by atoms with Gasteiger partial charge in [-0.3, -0.25) is 0 Å². The molecule has 1 fully saturated rings. The third-order valence-electron chi connectivity index (χ3n) is 3.58. The first-order chi connectivity index (χ1) is 7.90. The van der Waals surface area contributed by atoms with Crippen LogP contribution in [0.5, 0.6) is 0 Å². The first kappa shape index (κ1) is 14.9. The Morgan fingerprint density at radius 1 is 1.41 bits per heavy atom. The highest BCUT2D eigenvalue weighted by molar-refractivity contribution is 7.91. The third kappa shape index (κ3) is 4.56. The van der Waals surface area contributed by atoms with E-state index in [2.05, 4.69) is 0 Å². The van der Waals surface area contributed by atoms with Gasteiger partial charge in [0.05, 0.1) is 17.5 Å². The van der Waals surface area contributed by atoms with Gasteiger partial charge in [0.1, 0.15) is 9.84 Å². The van der Waals surface area contributed by atoms with E-state index in [4.69, 9.17) is 4.74 Å². The van der Waals surface area contributed by atoms with Crippen LogP contribution in [0.2, 0.25) is 0 Å². The number of hydrogen-bond acceptors (Lipinski definition) is 4.